The molecule has 2 unspecified atom stereocenters. The average Bonchev–Trinajstić information content (AvgIpc) is 2.84. The largest absolute Gasteiger partial charge is 0.380 e. The van der Waals surface area contributed by atoms with Gasteiger partial charge < -0.3 is 5.32 Å². The fraction of sp³-hybridized carbons (Fsp3) is 0.533. The quantitative estimate of drug-likeness (QED) is 0.908. The lowest BCUT2D eigenvalue weighted by Gasteiger charge is -2.33. The predicted molar refractivity (Wildman–Crippen MR) is 80.1 cm³/mol. The molecular formula is C15H18BrN3. The molecule has 0 amide bonds. The predicted octanol–water partition coefficient (Wildman–Crippen LogP) is 3.36. The molecule has 2 fully saturated rings. The molecule has 0 saturated carbocycles. The first-order chi connectivity index (χ1) is 9.28. The number of hydrogen-bond acceptors (Lipinski definition) is 3. The Hall–Kier alpha value is -1.05. The van der Waals surface area contributed by atoms with Gasteiger partial charge in [-0.05, 0) is 59.9 Å². The van der Waals surface area contributed by atoms with Gasteiger partial charge in [0.05, 0.1) is 11.6 Å². The Kier molecular flexibility index (Phi) is 3.76. The van der Waals surface area contributed by atoms with Crippen molar-refractivity contribution in [2.75, 3.05) is 18.4 Å². The summed E-state index contributed by atoms with van der Waals surface area (Å²) in [7, 11) is 0. The van der Waals surface area contributed by atoms with Crippen LogP contribution in [0.25, 0.3) is 0 Å². The first-order valence-corrected chi connectivity index (χ1v) is 7.77. The minimum Gasteiger partial charge on any atom is -0.380 e. The molecule has 4 heteroatoms. The first-order valence-electron chi connectivity index (χ1n) is 6.98. The Morgan fingerprint density at radius 2 is 2.16 bits per heavy atom. The standard InChI is InChI=1S/C15H18BrN3/c16-12-9-11(10-17)4-5-13(12)18-14-6-8-19-7-2-1-3-15(14)19/h4-5,9,14-15,18H,1-3,6-8H2. The summed E-state index contributed by atoms with van der Waals surface area (Å²) in [6.07, 6.45) is 5.24. The molecule has 19 heavy (non-hydrogen) atoms. The maximum absolute atomic E-state index is 8.89. The van der Waals surface area contributed by atoms with Crippen LogP contribution in [0.5, 0.6) is 0 Å². The van der Waals surface area contributed by atoms with E-state index in [0.29, 0.717) is 17.6 Å². The maximum atomic E-state index is 8.89. The lowest BCUT2D eigenvalue weighted by Crippen LogP contribution is -2.41. The van der Waals surface area contributed by atoms with Crippen LogP contribution in [0.2, 0.25) is 0 Å². The summed E-state index contributed by atoms with van der Waals surface area (Å²) >= 11 is 3.56. The van der Waals surface area contributed by atoms with Gasteiger partial charge in [-0.1, -0.05) is 6.42 Å². The van der Waals surface area contributed by atoms with Crippen molar-refractivity contribution in [3.8, 4) is 6.07 Å². The minimum atomic E-state index is 0.546. The summed E-state index contributed by atoms with van der Waals surface area (Å²) < 4.78 is 0.987. The van der Waals surface area contributed by atoms with E-state index in [1.165, 1.54) is 38.8 Å². The highest BCUT2D eigenvalue weighted by Crippen LogP contribution is 2.31. The van der Waals surface area contributed by atoms with Crippen molar-refractivity contribution in [1.29, 1.82) is 5.26 Å². The number of rotatable bonds is 2. The van der Waals surface area contributed by atoms with Crippen molar-refractivity contribution in [2.24, 2.45) is 0 Å². The Morgan fingerprint density at radius 1 is 1.26 bits per heavy atom. The van der Waals surface area contributed by atoms with Gasteiger partial charge in [0.15, 0.2) is 0 Å². The molecular weight excluding hydrogens is 302 g/mol. The van der Waals surface area contributed by atoms with Crippen LogP contribution in [0.15, 0.2) is 22.7 Å². The number of nitrogens with one attached hydrogen (secondary N) is 1. The summed E-state index contributed by atoms with van der Waals surface area (Å²) in [5.74, 6) is 0. The molecule has 2 saturated heterocycles. The van der Waals surface area contributed by atoms with E-state index >= 15 is 0 Å². The molecule has 0 radical (unpaired) electrons. The van der Waals surface area contributed by atoms with Gasteiger partial charge in [0.25, 0.3) is 0 Å². The van der Waals surface area contributed by atoms with Gasteiger partial charge in [0, 0.05) is 28.8 Å². The first kappa shape index (κ1) is 13.0. The smallest absolute Gasteiger partial charge is 0.0992 e. The number of fused-ring (bicyclic) bond motifs is 1. The molecule has 0 bridgehead atoms. The second kappa shape index (κ2) is 5.52. The van der Waals surface area contributed by atoms with Gasteiger partial charge in [-0.3, -0.25) is 4.90 Å². The second-order valence-electron chi connectivity index (χ2n) is 5.45. The third kappa shape index (κ3) is 2.63. The Balaban J connectivity index is 1.73. The number of hydrogen-bond donors (Lipinski definition) is 1. The number of piperidine rings is 1. The van der Waals surface area contributed by atoms with Gasteiger partial charge in [0.1, 0.15) is 0 Å². The SMILES string of the molecule is N#Cc1ccc(NC2CCN3CCCCC23)c(Br)c1. The van der Waals surface area contributed by atoms with E-state index in [1.807, 2.05) is 18.2 Å². The monoisotopic (exact) mass is 319 g/mol. The topological polar surface area (TPSA) is 39.1 Å². The second-order valence-corrected chi connectivity index (χ2v) is 6.30. The van der Waals surface area contributed by atoms with Crippen LogP contribution >= 0.6 is 15.9 Å². The van der Waals surface area contributed by atoms with E-state index in [9.17, 15) is 0 Å². The van der Waals surface area contributed by atoms with E-state index in [0.717, 1.165) is 10.2 Å². The van der Waals surface area contributed by atoms with Crippen LogP contribution in [-0.4, -0.2) is 30.1 Å². The maximum Gasteiger partial charge on any atom is 0.0992 e. The number of anilines is 1. The molecule has 2 aliphatic rings. The number of benzene rings is 1. The molecule has 1 aromatic rings. The summed E-state index contributed by atoms with van der Waals surface area (Å²) in [6, 6.07) is 9.17. The van der Waals surface area contributed by atoms with Gasteiger partial charge in [-0.25, -0.2) is 0 Å². The molecule has 3 rings (SSSR count). The average molecular weight is 320 g/mol. The van der Waals surface area contributed by atoms with E-state index in [4.69, 9.17) is 5.26 Å². The number of nitrogens with zero attached hydrogens (tertiary/aromatic N) is 2. The molecule has 0 aromatic heterocycles. The molecule has 0 spiro atoms. The van der Waals surface area contributed by atoms with Gasteiger partial charge >= 0.3 is 0 Å². The molecule has 2 heterocycles. The van der Waals surface area contributed by atoms with Crippen molar-refractivity contribution >= 4 is 21.6 Å². The highest BCUT2D eigenvalue weighted by molar-refractivity contribution is 9.10. The van der Waals surface area contributed by atoms with Crippen LogP contribution in [0.4, 0.5) is 5.69 Å². The van der Waals surface area contributed by atoms with Crippen LogP contribution in [0, 0.1) is 11.3 Å². The fourth-order valence-corrected chi connectivity index (χ4v) is 3.81. The summed E-state index contributed by atoms with van der Waals surface area (Å²) in [4.78, 5) is 2.62. The van der Waals surface area contributed by atoms with Crippen LogP contribution in [0.3, 0.4) is 0 Å². The van der Waals surface area contributed by atoms with E-state index in [-0.39, 0.29) is 0 Å². The lowest BCUT2D eigenvalue weighted by molar-refractivity contribution is 0.193. The zero-order chi connectivity index (χ0) is 13.2. The van der Waals surface area contributed by atoms with Crippen LogP contribution in [-0.2, 0) is 0 Å². The molecule has 2 aliphatic heterocycles. The summed E-state index contributed by atoms with van der Waals surface area (Å²) in [6.45, 7) is 2.48. The lowest BCUT2D eigenvalue weighted by atomic mass is 9.99. The zero-order valence-electron chi connectivity index (χ0n) is 10.9. The molecule has 1 N–H and O–H groups in total. The molecule has 0 aliphatic carbocycles. The fourth-order valence-electron chi connectivity index (χ4n) is 3.32. The highest BCUT2D eigenvalue weighted by Gasteiger charge is 2.35. The van der Waals surface area contributed by atoms with Crippen LogP contribution in [0.1, 0.15) is 31.2 Å². The molecule has 2 atom stereocenters. The number of halogens is 1. The third-order valence-corrected chi connectivity index (χ3v) is 4.95. The van der Waals surface area contributed by atoms with Gasteiger partial charge in [-0.15, -0.1) is 0 Å². The summed E-state index contributed by atoms with van der Waals surface area (Å²) in [5.41, 5.74) is 1.81. The summed E-state index contributed by atoms with van der Waals surface area (Å²) in [5, 5.41) is 12.6. The van der Waals surface area contributed by atoms with Gasteiger partial charge in [0.2, 0.25) is 0 Å². The van der Waals surface area contributed by atoms with Gasteiger partial charge in [-0.2, -0.15) is 5.26 Å². The zero-order valence-corrected chi connectivity index (χ0v) is 12.5. The minimum absolute atomic E-state index is 0.546. The number of nitriles is 1. The molecule has 100 valence electrons. The molecule has 1 aromatic carbocycles. The van der Waals surface area contributed by atoms with Crippen molar-refractivity contribution in [2.45, 2.75) is 37.8 Å². The Bertz CT molecular complexity index is 509. The highest BCUT2D eigenvalue weighted by atomic mass is 79.9. The molecule has 3 nitrogen and oxygen atoms in total. The van der Waals surface area contributed by atoms with Crippen LogP contribution < -0.4 is 5.32 Å². The third-order valence-electron chi connectivity index (χ3n) is 4.30. The normalized spacial score (nSPS) is 26.7. The Labute approximate surface area is 122 Å². The van der Waals surface area contributed by atoms with Crippen molar-refractivity contribution in [3.63, 3.8) is 0 Å². The Morgan fingerprint density at radius 3 is 2.95 bits per heavy atom. The van der Waals surface area contributed by atoms with Crippen molar-refractivity contribution in [3.05, 3.63) is 28.2 Å². The van der Waals surface area contributed by atoms with E-state index in [1.54, 1.807) is 0 Å². The van der Waals surface area contributed by atoms with E-state index < -0.39 is 0 Å². The van der Waals surface area contributed by atoms with Crippen molar-refractivity contribution < 1.29 is 0 Å². The van der Waals surface area contributed by atoms with E-state index in [2.05, 4.69) is 32.2 Å². The van der Waals surface area contributed by atoms with Crippen molar-refractivity contribution in [1.82, 2.24) is 4.90 Å².